The number of carbonyl (C=O) groups is 1. The van der Waals surface area contributed by atoms with Crippen molar-refractivity contribution >= 4 is 23.0 Å². The summed E-state index contributed by atoms with van der Waals surface area (Å²) in [5.74, 6) is -3.65. The highest BCUT2D eigenvalue weighted by Gasteiger charge is 2.42. The third-order valence-corrected chi connectivity index (χ3v) is 5.57. The number of carboxylic acids is 1. The summed E-state index contributed by atoms with van der Waals surface area (Å²) in [5, 5.41) is 12.2. The van der Waals surface area contributed by atoms with Crippen LogP contribution in [-0.4, -0.2) is 60.1 Å². The van der Waals surface area contributed by atoms with E-state index >= 15 is 0 Å². The second-order valence-corrected chi connectivity index (χ2v) is 7.68. The number of nitrogens with zero attached hydrogens (tertiary/aromatic N) is 3. The molecule has 1 aromatic carbocycles. The molecule has 1 fully saturated rings. The molecule has 11 heteroatoms. The third kappa shape index (κ3) is 6.25. The van der Waals surface area contributed by atoms with Gasteiger partial charge in [0.25, 0.3) is 0 Å². The number of methoxy groups -OCH3 is 1. The molecule has 1 saturated heterocycles. The molecule has 0 bridgehead atoms. The van der Waals surface area contributed by atoms with E-state index in [9.17, 15) is 18.0 Å². The molecule has 1 atom stereocenters. The molecule has 2 heterocycles. The molecule has 0 saturated carbocycles. The Hall–Kier alpha value is -3.08. The predicted octanol–water partition coefficient (Wildman–Crippen LogP) is 4.35. The van der Waals surface area contributed by atoms with Crippen molar-refractivity contribution in [3.8, 4) is 6.01 Å². The zero-order valence-electron chi connectivity index (χ0n) is 18.4. The van der Waals surface area contributed by atoms with Crippen LogP contribution in [-0.2, 0) is 9.53 Å². The maximum absolute atomic E-state index is 13.7. The van der Waals surface area contributed by atoms with Crippen molar-refractivity contribution in [1.29, 1.82) is 0 Å². The summed E-state index contributed by atoms with van der Waals surface area (Å²) in [6.07, 6.45) is -1.23. The first-order valence-corrected chi connectivity index (χ1v) is 10.6. The number of rotatable bonds is 9. The molecule has 2 N–H and O–H groups in total. The molecule has 3 rings (SSSR count). The topological polar surface area (TPSA) is 96.8 Å². The van der Waals surface area contributed by atoms with Crippen molar-refractivity contribution in [2.75, 3.05) is 37.1 Å². The Kier molecular flexibility index (Phi) is 7.96. The number of anilines is 3. The smallest absolute Gasteiger partial charge is 0.396 e. The Balaban J connectivity index is 2.04. The Morgan fingerprint density at radius 3 is 2.52 bits per heavy atom. The highest BCUT2D eigenvalue weighted by molar-refractivity contribution is 5.77. The normalized spacial score (nSPS) is 15.7. The van der Waals surface area contributed by atoms with Crippen LogP contribution in [0.25, 0.3) is 0 Å². The van der Waals surface area contributed by atoms with E-state index in [2.05, 4.69) is 20.2 Å². The molecule has 0 radical (unpaired) electrons. The Bertz CT molecular complexity index is 934. The van der Waals surface area contributed by atoms with Gasteiger partial charge in [-0.05, 0) is 37.5 Å². The van der Waals surface area contributed by atoms with E-state index in [1.54, 1.807) is 6.07 Å². The second-order valence-electron chi connectivity index (χ2n) is 7.68. The van der Waals surface area contributed by atoms with Crippen LogP contribution < -0.4 is 15.0 Å². The van der Waals surface area contributed by atoms with Crippen LogP contribution in [0.3, 0.4) is 0 Å². The number of aromatic nitrogens is 2. The third-order valence-electron chi connectivity index (χ3n) is 5.57. The predicted molar refractivity (Wildman–Crippen MR) is 116 cm³/mol. The number of hydrogen-bond acceptors (Lipinski definition) is 7. The maximum atomic E-state index is 13.7. The van der Waals surface area contributed by atoms with Gasteiger partial charge in [0.15, 0.2) is 0 Å². The van der Waals surface area contributed by atoms with Crippen molar-refractivity contribution in [3.63, 3.8) is 0 Å². The largest absolute Gasteiger partial charge is 0.481 e. The van der Waals surface area contributed by atoms with Gasteiger partial charge in [-0.15, -0.1) is 0 Å². The lowest BCUT2D eigenvalue weighted by atomic mass is 9.93. The molecule has 1 aliphatic heterocycles. The molecular formula is C22H27F3N4O4. The molecule has 1 aliphatic rings. The van der Waals surface area contributed by atoms with Gasteiger partial charge in [-0.2, -0.15) is 13.2 Å². The Labute approximate surface area is 189 Å². The van der Waals surface area contributed by atoms with Crippen LogP contribution in [0, 0.1) is 0 Å². The number of nitrogens with one attached hydrogen (secondary N) is 1. The summed E-state index contributed by atoms with van der Waals surface area (Å²) < 4.78 is 51.5. The first kappa shape index (κ1) is 24.6. The highest BCUT2D eigenvalue weighted by atomic mass is 19.4. The number of carboxylic acid groups (broad SMARTS) is 1. The number of halogens is 3. The number of hydrogen-bond donors (Lipinski definition) is 2. The number of benzene rings is 1. The summed E-state index contributed by atoms with van der Waals surface area (Å²) >= 11 is 0. The first-order valence-electron chi connectivity index (χ1n) is 10.6. The van der Waals surface area contributed by atoms with Crippen LogP contribution in [0.5, 0.6) is 6.01 Å². The zero-order valence-corrected chi connectivity index (χ0v) is 18.4. The van der Waals surface area contributed by atoms with Crippen molar-refractivity contribution in [1.82, 2.24) is 9.97 Å². The van der Waals surface area contributed by atoms with Crippen molar-refractivity contribution in [2.24, 2.45) is 0 Å². The number of alkyl halides is 3. The molecular weight excluding hydrogens is 441 g/mol. The molecule has 2 aromatic rings. The lowest BCUT2D eigenvalue weighted by molar-refractivity contribution is -0.163. The van der Waals surface area contributed by atoms with Crippen LogP contribution >= 0.6 is 0 Å². The molecule has 8 nitrogen and oxygen atoms in total. The van der Waals surface area contributed by atoms with E-state index in [1.807, 2.05) is 6.92 Å². The van der Waals surface area contributed by atoms with Gasteiger partial charge in [-0.25, -0.2) is 9.97 Å². The quantitative estimate of drug-likeness (QED) is 0.561. The minimum absolute atomic E-state index is 0.131. The van der Waals surface area contributed by atoms with Gasteiger partial charge in [-0.3, -0.25) is 4.79 Å². The lowest BCUT2D eigenvalue weighted by Gasteiger charge is -2.37. The van der Waals surface area contributed by atoms with Gasteiger partial charge in [0.05, 0.1) is 48.9 Å². The summed E-state index contributed by atoms with van der Waals surface area (Å²) in [6, 6.07) is 4.66. The molecule has 0 aliphatic carbocycles. The monoisotopic (exact) mass is 468 g/mol. The Morgan fingerprint density at radius 2 is 1.97 bits per heavy atom. The number of ether oxygens (including phenoxy) is 2. The van der Waals surface area contributed by atoms with Crippen molar-refractivity contribution < 1.29 is 32.5 Å². The SMILES string of the molecule is CCN(c1ccc([C@@H](CC(=O)O)C(F)(F)F)cc1Nc1cnc(OC)nc1)C1CCOCC1. The second kappa shape index (κ2) is 10.7. The standard InChI is InChI=1S/C22H27F3N4O4/c1-3-29(16-6-8-33-9-7-16)19-5-4-14(17(11-20(30)31)22(23,24)25)10-18(19)28-15-12-26-21(32-2)27-13-15/h4-5,10,12-13,16-17,28H,3,6-9,11H2,1-2H3,(H,30,31)/t17-/m1/s1. The zero-order chi connectivity index (χ0) is 24.0. The van der Waals surface area contributed by atoms with Gasteiger partial charge >= 0.3 is 18.2 Å². The van der Waals surface area contributed by atoms with E-state index in [0.717, 1.165) is 12.8 Å². The highest BCUT2D eigenvalue weighted by Crippen LogP contribution is 2.41. The van der Waals surface area contributed by atoms with E-state index in [4.69, 9.17) is 14.6 Å². The fraction of sp³-hybridized carbons (Fsp3) is 0.500. The molecule has 0 amide bonds. The van der Waals surface area contributed by atoms with Crippen molar-refractivity contribution in [2.45, 2.75) is 44.3 Å². The summed E-state index contributed by atoms with van der Waals surface area (Å²) in [5.41, 5.74) is 1.45. The van der Waals surface area contributed by atoms with Crippen LogP contribution in [0.15, 0.2) is 30.6 Å². The summed E-state index contributed by atoms with van der Waals surface area (Å²) in [6.45, 7) is 3.84. The maximum Gasteiger partial charge on any atom is 0.396 e. The van der Waals surface area contributed by atoms with Gasteiger partial charge < -0.3 is 24.8 Å². The molecule has 0 unspecified atom stereocenters. The van der Waals surface area contributed by atoms with E-state index in [0.29, 0.717) is 36.8 Å². The molecule has 1 aromatic heterocycles. The van der Waals surface area contributed by atoms with Gasteiger partial charge in [-0.1, -0.05) is 6.07 Å². The molecule has 0 spiro atoms. The van der Waals surface area contributed by atoms with Crippen LogP contribution in [0.2, 0.25) is 0 Å². The van der Waals surface area contributed by atoms with E-state index < -0.39 is 24.5 Å². The summed E-state index contributed by atoms with van der Waals surface area (Å²) in [7, 11) is 1.43. The lowest BCUT2D eigenvalue weighted by Crippen LogP contribution is -2.39. The average molecular weight is 468 g/mol. The Morgan fingerprint density at radius 1 is 1.30 bits per heavy atom. The number of aliphatic carboxylic acids is 1. The minimum Gasteiger partial charge on any atom is -0.481 e. The van der Waals surface area contributed by atoms with Gasteiger partial charge in [0.2, 0.25) is 0 Å². The molecule has 180 valence electrons. The van der Waals surface area contributed by atoms with Gasteiger partial charge in [0, 0.05) is 25.8 Å². The van der Waals surface area contributed by atoms with Crippen molar-refractivity contribution in [3.05, 3.63) is 36.2 Å². The fourth-order valence-electron chi connectivity index (χ4n) is 3.98. The summed E-state index contributed by atoms with van der Waals surface area (Å²) in [4.78, 5) is 21.3. The first-order chi connectivity index (χ1) is 15.7. The van der Waals surface area contributed by atoms with E-state index in [-0.39, 0.29) is 17.6 Å². The fourth-order valence-corrected chi connectivity index (χ4v) is 3.98. The van der Waals surface area contributed by atoms with Crippen LogP contribution in [0.4, 0.5) is 30.2 Å². The average Bonchev–Trinajstić information content (AvgIpc) is 2.79. The minimum atomic E-state index is -4.70. The van der Waals surface area contributed by atoms with Crippen LogP contribution in [0.1, 0.15) is 37.7 Å². The molecule has 33 heavy (non-hydrogen) atoms. The van der Waals surface area contributed by atoms with Gasteiger partial charge in [0.1, 0.15) is 0 Å². The van der Waals surface area contributed by atoms with E-state index in [1.165, 1.54) is 31.6 Å².